The number of hydrogen-bond donors (Lipinski definition) is 1. The molecule has 0 radical (unpaired) electrons. The monoisotopic (exact) mass is 145 g/mol. The van der Waals surface area contributed by atoms with Gasteiger partial charge in [0.25, 0.3) is 0 Å². The van der Waals surface area contributed by atoms with Gasteiger partial charge in [-0.2, -0.15) is 0 Å². The molecule has 0 rings (SSSR count). The molecule has 1 N–H and O–H groups in total. The molecule has 2 heteroatoms. The number of hydrogen-bond acceptors (Lipinski definition) is 1. The summed E-state index contributed by atoms with van der Waals surface area (Å²) in [5.74, 6) is 0.595. The highest BCUT2D eigenvalue weighted by molar-refractivity contribution is 4.49. The average molecular weight is 145 g/mol. The van der Waals surface area contributed by atoms with E-state index in [1.54, 1.807) is 7.05 Å². The van der Waals surface area contributed by atoms with Crippen molar-refractivity contribution in [2.45, 2.75) is 33.1 Å². The van der Waals surface area contributed by atoms with Crippen LogP contribution in [0.2, 0.25) is 0 Å². The van der Waals surface area contributed by atoms with Gasteiger partial charge in [0.1, 0.15) is 0 Å². The van der Waals surface area contributed by atoms with Crippen molar-refractivity contribution >= 4 is 0 Å². The first-order valence-electron chi connectivity index (χ1n) is 4.16. The highest BCUT2D eigenvalue weighted by Gasteiger charge is 2.02. The minimum atomic E-state index is 0.323. The third kappa shape index (κ3) is 6.05. The molecule has 0 aliphatic heterocycles. The molecule has 0 bridgehead atoms. The molecular weight excluding hydrogens is 126 g/mol. The summed E-state index contributed by atoms with van der Waals surface area (Å²) < 4.78 is 0. The molecule has 2 nitrogen and oxygen atoms in total. The second-order valence-corrected chi connectivity index (χ2v) is 3.15. The van der Waals surface area contributed by atoms with Gasteiger partial charge in [-0.05, 0) is 6.42 Å². The number of quaternary nitrogens is 1. The normalized spacial score (nSPS) is 16.8. The minimum Gasteiger partial charge on any atom is -0.634 e. The summed E-state index contributed by atoms with van der Waals surface area (Å²) in [6, 6.07) is 0. The molecule has 0 fully saturated rings. The van der Waals surface area contributed by atoms with Crippen LogP contribution in [0.15, 0.2) is 0 Å². The second-order valence-electron chi connectivity index (χ2n) is 3.15. The Balaban J connectivity index is 3.16. The van der Waals surface area contributed by atoms with Crippen LogP contribution in [0.25, 0.3) is 0 Å². The Labute approximate surface area is 63.8 Å². The Bertz CT molecular complexity index is 73.7. The highest BCUT2D eigenvalue weighted by atomic mass is 16.5. The Morgan fingerprint density at radius 3 is 2.50 bits per heavy atom. The topological polar surface area (TPSA) is 27.5 Å². The van der Waals surface area contributed by atoms with Gasteiger partial charge in [0, 0.05) is 5.92 Å². The predicted molar refractivity (Wildman–Crippen MR) is 43.8 cm³/mol. The van der Waals surface area contributed by atoms with Crippen molar-refractivity contribution in [3.05, 3.63) is 5.21 Å². The van der Waals surface area contributed by atoms with E-state index in [1.807, 2.05) is 0 Å². The summed E-state index contributed by atoms with van der Waals surface area (Å²) in [6.45, 7) is 5.09. The standard InChI is InChI=1S/C8H19NO/c1-4-5-6-8(2)7-9(3)10/h8-9H,4-7H2,1-3H3. The van der Waals surface area contributed by atoms with E-state index in [2.05, 4.69) is 13.8 Å². The zero-order chi connectivity index (χ0) is 7.98. The van der Waals surface area contributed by atoms with Gasteiger partial charge in [-0.15, -0.1) is 0 Å². The van der Waals surface area contributed by atoms with E-state index in [0.717, 1.165) is 6.54 Å². The van der Waals surface area contributed by atoms with Gasteiger partial charge in [0.2, 0.25) is 0 Å². The fraction of sp³-hybridized carbons (Fsp3) is 1.00. The molecule has 2 atom stereocenters. The van der Waals surface area contributed by atoms with Crippen molar-refractivity contribution in [2.24, 2.45) is 5.92 Å². The van der Waals surface area contributed by atoms with Crippen molar-refractivity contribution in [3.63, 3.8) is 0 Å². The SMILES string of the molecule is CCCCC(C)C[NH+](C)[O-]. The van der Waals surface area contributed by atoms with E-state index in [9.17, 15) is 5.21 Å². The molecule has 0 saturated carbocycles. The van der Waals surface area contributed by atoms with E-state index in [4.69, 9.17) is 0 Å². The molecule has 10 heavy (non-hydrogen) atoms. The average Bonchev–Trinajstić information content (AvgIpc) is 1.82. The lowest BCUT2D eigenvalue weighted by molar-refractivity contribution is -0.829. The quantitative estimate of drug-likeness (QED) is 0.570. The Morgan fingerprint density at radius 2 is 2.10 bits per heavy atom. The fourth-order valence-electron chi connectivity index (χ4n) is 1.15. The lowest BCUT2D eigenvalue weighted by Crippen LogP contribution is -3.04. The first-order chi connectivity index (χ1) is 4.66. The Morgan fingerprint density at radius 1 is 1.50 bits per heavy atom. The first kappa shape index (κ1) is 9.92. The smallest absolute Gasteiger partial charge is 0.0792 e. The molecule has 2 unspecified atom stereocenters. The van der Waals surface area contributed by atoms with Crippen LogP contribution < -0.4 is 5.06 Å². The minimum absolute atomic E-state index is 0.323. The molecule has 0 aromatic rings. The molecule has 0 aromatic heterocycles. The summed E-state index contributed by atoms with van der Waals surface area (Å²) in [5, 5.41) is 10.9. The maximum atomic E-state index is 10.6. The molecule has 0 heterocycles. The second kappa shape index (κ2) is 5.69. The van der Waals surface area contributed by atoms with Gasteiger partial charge in [-0.3, -0.25) is 0 Å². The van der Waals surface area contributed by atoms with Crippen molar-refractivity contribution in [2.75, 3.05) is 13.6 Å². The van der Waals surface area contributed by atoms with Crippen LogP contribution in [0.1, 0.15) is 33.1 Å². The lowest BCUT2D eigenvalue weighted by atomic mass is 10.0. The molecule has 0 saturated heterocycles. The highest BCUT2D eigenvalue weighted by Crippen LogP contribution is 2.04. The third-order valence-corrected chi connectivity index (χ3v) is 1.69. The van der Waals surface area contributed by atoms with Gasteiger partial charge in [0.05, 0.1) is 13.6 Å². The lowest BCUT2D eigenvalue weighted by Gasteiger charge is -2.20. The largest absolute Gasteiger partial charge is 0.634 e. The third-order valence-electron chi connectivity index (χ3n) is 1.69. The number of hydroxylamine groups is 2. The van der Waals surface area contributed by atoms with Crippen molar-refractivity contribution < 1.29 is 5.06 Å². The summed E-state index contributed by atoms with van der Waals surface area (Å²) >= 11 is 0. The molecule has 62 valence electrons. The molecule has 0 spiro atoms. The van der Waals surface area contributed by atoms with Crippen molar-refractivity contribution in [3.8, 4) is 0 Å². The van der Waals surface area contributed by atoms with Gasteiger partial charge in [-0.1, -0.05) is 26.7 Å². The van der Waals surface area contributed by atoms with E-state index in [-0.39, 0.29) is 0 Å². The van der Waals surface area contributed by atoms with Gasteiger partial charge < -0.3 is 10.3 Å². The number of unbranched alkanes of at least 4 members (excludes halogenated alkanes) is 1. The van der Waals surface area contributed by atoms with Gasteiger partial charge in [-0.25, -0.2) is 0 Å². The molecule has 0 aromatic carbocycles. The van der Waals surface area contributed by atoms with Gasteiger partial charge >= 0.3 is 0 Å². The van der Waals surface area contributed by atoms with Crippen molar-refractivity contribution in [1.82, 2.24) is 0 Å². The van der Waals surface area contributed by atoms with Gasteiger partial charge in [0.15, 0.2) is 0 Å². The molecule has 0 aliphatic rings. The zero-order valence-electron chi connectivity index (χ0n) is 7.31. The van der Waals surface area contributed by atoms with Crippen LogP contribution in [0.4, 0.5) is 0 Å². The van der Waals surface area contributed by atoms with Crippen LogP contribution in [0.5, 0.6) is 0 Å². The van der Waals surface area contributed by atoms with Crippen LogP contribution in [0, 0.1) is 11.1 Å². The maximum Gasteiger partial charge on any atom is 0.0792 e. The van der Waals surface area contributed by atoms with E-state index in [1.165, 1.54) is 19.3 Å². The predicted octanol–water partition coefficient (Wildman–Crippen LogP) is 0.825. The maximum absolute atomic E-state index is 10.6. The summed E-state index contributed by atoms with van der Waals surface area (Å²) in [7, 11) is 1.67. The van der Waals surface area contributed by atoms with Crippen molar-refractivity contribution in [1.29, 1.82) is 0 Å². The summed E-state index contributed by atoms with van der Waals surface area (Å²) in [5.41, 5.74) is 0. The summed E-state index contributed by atoms with van der Waals surface area (Å²) in [4.78, 5) is 0. The number of rotatable bonds is 5. The Kier molecular flexibility index (Phi) is 5.64. The Hall–Kier alpha value is -0.0800. The van der Waals surface area contributed by atoms with Crippen LogP contribution >= 0.6 is 0 Å². The van der Waals surface area contributed by atoms with Crippen LogP contribution in [0.3, 0.4) is 0 Å². The number of nitrogens with one attached hydrogen (secondary N) is 1. The van der Waals surface area contributed by atoms with Crippen LogP contribution in [-0.2, 0) is 0 Å². The first-order valence-corrected chi connectivity index (χ1v) is 4.16. The molecule has 0 aliphatic carbocycles. The molecule has 0 amide bonds. The van der Waals surface area contributed by atoms with Crippen LogP contribution in [-0.4, -0.2) is 13.6 Å². The molecular formula is C8H19NO. The van der Waals surface area contributed by atoms with E-state index >= 15 is 0 Å². The summed E-state index contributed by atoms with van der Waals surface area (Å²) in [6.07, 6.45) is 3.70. The zero-order valence-corrected chi connectivity index (χ0v) is 7.31. The van der Waals surface area contributed by atoms with E-state index in [0.29, 0.717) is 11.0 Å². The fourth-order valence-corrected chi connectivity index (χ4v) is 1.15. The van der Waals surface area contributed by atoms with E-state index < -0.39 is 0 Å².